The van der Waals surface area contributed by atoms with Crippen molar-refractivity contribution in [1.29, 1.82) is 5.26 Å². The van der Waals surface area contributed by atoms with Gasteiger partial charge in [-0.05, 0) is 54.0 Å². The van der Waals surface area contributed by atoms with E-state index in [1.54, 1.807) is 0 Å². The number of hydrogen-bond acceptors (Lipinski definition) is 4. The highest BCUT2D eigenvalue weighted by Gasteiger charge is 2.28. The van der Waals surface area contributed by atoms with Crippen LogP contribution in [0.5, 0.6) is 0 Å². The number of amidine groups is 1. The average Bonchev–Trinajstić information content (AvgIpc) is 3.19. The Morgan fingerprint density at radius 2 is 1.88 bits per heavy atom. The lowest BCUT2D eigenvalue weighted by Gasteiger charge is -2.23. The third-order valence-electron chi connectivity index (χ3n) is 5.91. The first-order chi connectivity index (χ1) is 15.6. The van der Waals surface area contributed by atoms with E-state index in [0.717, 1.165) is 47.7 Å². The fourth-order valence-corrected chi connectivity index (χ4v) is 4.36. The maximum atomic E-state index is 10.0. The highest BCUT2D eigenvalue weighted by atomic mass is 15.5. The normalized spacial score (nSPS) is 13.1. The molecule has 4 heteroatoms. The summed E-state index contributed by atoms with van der Waals surface area (Å²) in [5.41, 5.74) is 9.03. The Hall–Kier alpha value is -3.84. The molecule has 0 radical (unpaired) electrons. The minimum Gasteiger partial charge on any atom is -0.277 e. The number of hydrogen-bond donors (Lipinski definition) is 1. The fourth-order valence-electron chi connectivity index (χ4n) is 4.36. The van der Waals surface area contributed by atoms with Crippen molar-refractivity contribution in [2.24, 2.45) is 5.10 Å². The first kappa shape index (κ1) is 21.4. The van der Waals surface area contributed by atoms with Crippen LogP contribution in [0.25, 0.3) is 10.8 Å². The minimum absolute atomic E-state index is 0.613. The molecule has 0 spiro atoms. The lowest BCUT2D eigenvalue weighted by atomic mass is 9.91. The van der Waals surface area contributed by atoms with Crippen molar-refractivity contribution in [2.45, 2.75) is 39.5 Å². The molecule has 1 aliphatic heterocycles. The SMILES string of the molecule is C=C(CCC)Cc1cc(C#N)c(C2=NNC(=C)N2c2cccc3ccccc23)cc1CC. The molecule has 3 aromatic carbocycles. The summed E-state index contributed by atoms with van der Waals surface area (Å²) in [4.78, 5) is 2.01. The second-order valence-corrected chi connectivity index (χ2v) is 8.14. The van der Waals surface area contributed by atoms with Gasteiger partial charge < -0.3 is 0 Å². The number of nitrogens with zero attached hydrogens (tertiary/aromatic N) is 3. The summed E-state index contributed by atoms with van der Waals surface area (Å²) < 4.78 is 0. The van der Waals surface area contributed by atoms with Crippen LogP contribution in [0.4, 0.5) is 5.69 Å². The number of nitrogens with one attached hydrogen (secondary N) is 1. The number of rotatable bonds is 7. The van der Waals surface area contributed by atoms with Crippen molar-refractivity contribution in [2.75, 3.05) is 4.90 Å². The molecule has 0 saturated heterocycles. The van der Waals surface area contributed by atoms with Gasteiger partial charge in [0.25, 0.3) is 0 Å². The second kappa shape index (κ2) is 9.11. The predicted octanol–water partition coefficient (Wildman–Crippen LogP) is 6.42. The van der Waals surface area contributed by atoms with Gasteiger partial charge in [-0.3, -0.25) is 10.3 Å². The number of benzene rings is 3. The standard InChI is InChI=1S/C28H28N4/c1-5-10-19(3)15-23-16-24(18-29)26(17-21(23)6-2)28-31-30-20(4)32(28)27-14-9-12-22-11-7-8-13-25(22)27/h7-9,11-14,16-17,30H,3-6,10,15H2,1-2H3. The van der Waals surface area contributed by atoms with Crippen molar-refractivity contribution in [3.8, 4) is 6.07 Å². The fraction of sp³-hybridized carbons (Fsp3) is 0.214. The number of nitriles is 1. The Labute approximate surface area is 190 Å². The molecule has 32 heavy (non-hydrogen) atoms. The van der Waals surface area contributed by atoms with Crippen LogP contribution < -0.4 is 10.3 Å². The van der Waals surface area contributed by atoms with E-state index < -0.39 is 0 Å². The zero-order chi connectivity index (χ0) is 22.7. The van der Waals surface area contributed by atoms with E-state index in [-0.39, 0.29) is 0 Å². The van der Waals surface area contributed by atoms with E-state index in [2.05, 4.69) is 73.9 Å². The number of fused-ring (bicyclic) bond motifs is 1. The lowest BCUT2D eigenvalue weighted by Crippen LogP contribution is -2.28. The van der Waals surface area contributed by atoms with Crippen molar-refractivity contribution in [3.05, 3.63) is 101 Å². The monoisotopic (exact) mass is 420 g/mol. The topological polar surface area (TPSA) is 51.4 Å². The highest BCUT2D eigenvalue weighted by molar-refractivity contribution is 6.17. The maximum Gasteiger partial charge on any atom is 0.167 e. The third-order valence-corrected chi connectivity index (χ3v) is 5.91. The molecule has 0 aromatic heterocycles. The Bertz CT molecular complexity index is 1270. The molecule has 0 aliphatic carbocycles. The van der Waals surface area contributed by atoms with Crippen LogP contribution >= 0.6 is 0 Å². The van der Waals surface area contributed by atoms with Crippen molar-refractivity contribution < 1.29 is 0 Å². The molecule has 4 rings (SSSR count). The van der Waals surface area contributed by atoms with Gasteiger partial charge in [-0.15, -0.1) is 0 Å². The van der Waals surface area contributed by atoms with Gasteiger partial charge in [0, 0.05) is 10.9 Å². The summed E-state index contributed by atoms with van der Waals surface area (Å²) in [5, 5.41) is 16.8. The molecule has 0 saturated carbocycles. The molecule has 0 unspecified atom stereocenters. The largest absolute Gasteiger partial charge is 0.277 e. The van der Waals surface area contributed by atoms with E-state index in [9.17, 15) is 5.26 Å². The maximum absolute atomic E-state index is 10.0. The van der Waals surface area contributed by atoms with Crippen molar-refractivity contribution in [3.63, 3.8) is 0 Å². The van der Waals surface area contributed by atoms with Crippen LogP contribution in [-0.2, 0) is 12.8 Å². The Kier molecular flexibility index (Phi) is 6.09. The third kappa shape index (κ3) is 3.90. The van der Waals surface area contributed by atoms with Crippen molar-refractivity contribution in [1.82, 2.24) is 5.43 Å². The average molecular weight is 421 g/mol. The Morgan fingerprint density at radius 3 is 2.62 bits per heavy atom. The zero-order valence-electron chi connectivity index (χ0n) is 18.8. The molecular weight excluding hydrogens is 392 g/mol. The molecule has 1 aliphatic rings. The molecular formula is C28H28N4. The molecule has 160 valence electrons. The van der Waals surface area contributed by atoms with E-state index in [0.29, 0.717) is 17.2 Å². The first-order valence-electron chi connectivity index (χ1n) is 11.1. The highest BCUT2D eigenvalue weighted by Crippen LogP contribution is 2.33. The summed E-state index contributed by atoms with van der Waals surface area (Å²) in [6.07, 6.45) is 3.76. The van der Waals surface area contributed by atoms with Gasteiger partial charge in [-0.2, -0.15) is 10.4 Å². The van der Waals surface area contributed by atoms with Crippen LogP contribution in [0.2, 0.25) is 0 Å². The minimum atomic E-state index is 0.613. The number of hydrazone groups is 1. The molecule has 1 N–H and O–H groups in total. The summed E-state index contributed by atoms with van der Waals surface area (Å²) in [6, 6.07) is 21.0. The molecule has 3 aromatic rings. The number of allylic oxidation sites excluding steroid dienone is 1. The van der Waals surface area contributed by atoms with Crippen LogP contribution in [0, 0.1) is 11.3 Å². The van der Waals surface area contributed by atoms with E-state index in [4.69, 9.17) is 0 Å². The molecule has 4 nitrogen and oxygen atoms in total. The summed E-state index contributed by atoms with van der Waals surface area (Å²) >= 11 is 0. The molecule has 0 atom stereocenters. The van der Waals surface area contributed by atoms with E-state index in [1.165, 1.54) is 16.7 Å². The lowest BCUT2D eigenvalue weighted by molar-refractivity contribution is 0.869. The summed E-state index contributed by atoms with van der Waals surface area (Å²) in [5.74, 6) is 1.36. The number of anilines is 1. The van der Waals surface area contributed by atoms with Gasteiger partial charge in [-0.1, -0.05) is 75.4 Å². The predicted molar refractivity (Wildman–Crippen MR) is 134 cm³/mol. The quantitative estimate of drug-likeness (QED) is 0.449. The Morgan fingerprint density at radius 1 is 1.09 bits per heavy atom. The number of aryl methyl sites for hydroxylation is 1. The summed E-state index contributed by atoms with van der Waals surface area (Å²) in [6.45, 7) is 12.7. The van der Waals surface area contributed by atoms with Crippen LogP contribution in [-0.4, -0.2) is 5.84 Å². The van der Waals surface area contributed by atoms with E-state index >= 15 is 0 Å². The van der Waals surface area contributed by atoms with Gasteiger partial charge in [0.05, 0.1) is 17.3 Å². The smallest absolute Gasteiger partial charge is 0.167 e. The van der Waals surface area contributed by atoms with Crippen LogP contribution in [0.15, 0.2) is 84.3 Å². The van der Waals surface area contributed by atoms with Gasteiger partial charge in [0.2, 0.25) is 0 Å². The zero-order valence-corrected chi connectivity index (χ0v) is 18.8. The second-order valence-electron chi connectivity index (χ2n) is 8.14. The molecule has 0 bridgehead atoms. The van der Waals surface area contributed by atoms with Gasteiger partial charge in [0.15, 0.2) is 5.84 Å². The van der Waals surface area contributed by atoms with Crippen LogP contribution in [0.1, 0.15) is 48.9 Å². The van der Waals surface area contributed by atoms with Crippen molar-refractivity contribution >= 4 is 22.3 Å². The van der Waals surface area contributed by atoms with Gasteiger partial charge in [-0.25, -0.2) is 0 Å². The van der Waals surface area contributed by atoms with Gasteiger partial charge >= 0.3 is 0 Å². The first-order valence-corrected chi connectivity index (χ1v) is 11.1. The van der Waals surface area contributed by atoms with Gasteiger partial charge in [0.1, 0.15) is 5.82 Å². The molecule has 1 heterocycles. The van der Waals surface area contributed by atoms with Crippen LogP contribution in [0.3, 0.4) is 0 Å². The van der Waals surface area contributed by atoms with E-state index in [1.807, 2.05) is 29.2 Å². The molecule has 0 fully saturated rings. The Balaban J connectivity index is 1.82. The molecule has 0 amide bonds. The summed E-state index contributed by atoms with van der Waals surface area (Å²) in [7, 11) is 0.